The Bertz CT molecular complexity index is 1360. The minimum atomic E-state index is 0.0564. The molecule has 1 saturated heterocycles. The van der Waals surface area contributed by atoms with Crippen LogP contribution in [0.25, 0.3) is 11.3 Å². The smallest absolute Gasteiger partial charge is 0.227 e. The predicted octanol–water partition coefficient (Wildman–Crippen LogP) is 7.09. The van der Waals surface area contributed by atoms with Crippen LogP contribution < -0.4 is 10.1 Å². The molecule has 1 N–H and O–H groups in total. The average Bonchev–Trinajstić information content (AvgIpc) is 2.96. The van der Waals surface area contributed by atoms with E-state index in [1.165, 1.54) is 0 Å². The van der Waals surface area contributed by atoms with Crippen LogP contribution in [0.3, 0.4) is 0 Å². The SMILES string of the molecule is COc1cc(Cl)ccc1CC(=O)N1CCC2(CCC(CC(=O)Nc3cccnc3-c3cccc(C)c3)CC2)CC1. The molecule has 2 aromatic carbocycles. The molecular weight excluding hydrogens is 522 g/mol. The summed E-state index contributed by atoms with van der Waals surface area (Å²) in [4.78, 5) is 32.6. The number of benzene rings is 2. The van der Waals surface area contributed by atoms with E-state index < -0.39 is 0 Å². The fourth-order valence-corrected chi connectivity index (χ4v) is 6.52. The average molecular weight is 560 g/mol. The number of nitrogens with one attached hydrogen (secondary N) is 1. The Kier molecular flexibility index (Phi) is 8.75. The fraction of sp³-hybridized carbons (Fsp3) is 0.424. The van der Waals surface area contributed by atoms with Crippen LogP contribution in [0.4, 0.5) is 5.69 Å². The van der Waals surface area contributed by atoms with Gasteiger partial charge in [-0.1, -0.05) is 41.4 Å². The van der Waals surface area contributed by atoms with Crippen LogP contribution in [0.5, 0.6) is 5.75 Å². The summed E-state index contributed by atoms with van der Waals surface area (Å²) < 4.78 is 5.42. The van der Waals surface area contributed by atoms with E-state index in [1.54, 1.807) is 25.4 Å². The molecule has 2 heterocycles. The maximum Gasteiger partial charge on any atom is 0.227 e. The van der Waals surface area contributed by atoms with Crippen LogP contribution in [-0.4, -0.2) is 41.9 Å². The molecule has 1 aromatic heterocycles. The van der Waals surface area contributed by atoms with E-state index in [4.69, 9.17) is 16.3 Å². The second-order valence-corrected chi connectivity index (χ2v) is 11.9. The first-order valence-corrected chi connectivity index (χ1v) is 14.6. The van der Waals surface area contributed by atoms with Gasteiger partial charge in [0, 0.05) is 41.9 Å². The molecule has 3 aromatic rings. The quantitative estimate of drug-likeness (QED) is 0.335. The first kappa shape index (κ1) is 28.2. The van der Waals surface area contributed by atoms with Crippen LogP contribution in [0.2, 0.25) is 5.02 Å². The van der Waals surface area contributed by atoms with Crippen LogP contribution >= 0.6 is 11.6 Å². The van der Waals surface area contributed by atoms with E-state index in [-0.39, 0.29) is 11.8 Å². The summed E-state index contributed by atoms with van der Waals surface area (Å²) in [6, 6.07) is 17.4. The van der Waals surface area contributed by atoms with Gasteiger partial charge in [-0.25, -0.2) is 0 Å². The number of aromatic nitrogens is 1. The second kappa shape index (κ2) is 12.4. The van der Waals surface area contributed by atoms with Crippen molar-refractivity contribution in [1.82, 2.24) is 9.88 Å². The molecule has 1 saturated carbocycles. The second-order valence-electron chi connectivity index (χ2n) is 11.5. The van der Waals surface area contributed by atoms with Gasteiger partial charge in [0.25, 0.3) is 0 Å². The molecule has 2 amide bonds. The van der Waals surface area contributed by atoms with Gasteiger partial charge in [-0.05, 0) is 87.1 Å². The van der Waals surface area contributed by atoms with Crippen LogP contribution in [-0.2, 0) is 16.0 Å². The molecule has 2 fully saturated rings. The third-order valence-electron chi connectivity index (χ3n) is 8.78. The van der Waals surface area contributed by atoms with Gasteiger partial charge < -0.3 is 15.0 Å². The van der Waals surface area contributed by atoms with Crippen molar-refractivity contribution in [2.24, 2.45) is 11.3 Å². The Morgan fingerprint density at radius 2 is 1.82 bits per heavy atom. The lowest BCUT2D eigenvalue weighted by Gasteiger charge is -2.46. The minimum Gasteiger partial charge on any atom is -0.496 e. The van der Waals surface area contributed by atoms with Gasteiger partial charge in [0.2, 0.25) is 11.8 Å². The zero-order chi connectivity index (χ0) is 28.1. The lowest BCUT2D eigenvalue weighted by atomic mass is 9.65. The third kappa shape index (κ3) is 6.67. The van der Waals surface area contributed by atoms with Gasteiger partial charge in [-0.3, -0.25) is 14.6 Å². The van der Waals surface area contributed by atoms with E-state index in [2.05, 4.69) is 29.4 Å². The molecule has 0 radical (unpaired) electrons. The van der Waals surface area contributed by atoms with Gasteiger partial charge in [0.15, 0.2) is 0 Å². The molecule has 1 aliphatic heterocycles. The number of hydrogen-bond acceptors (Lipinski definition) is 4. The summed E-state index contributed by atoms with van der Waals surface area (Å²) >= 11 is 6.07. The van der Waals surface area contributed by atoms with Crippen LogP contribution in [0, 0.1) is 18.3 Å². The highest BCUT2D eigenvalue weighted by atomic mass is 35.5. The fourth-order valence-electron chi connectivity index (χ4n) is 6.36. The zero-order valence-corrected chi connectivity index (χ0v) is 24.2. The van der Waals surface area contributed by atoms with Crippen molar-refractivity contribution in [3.8, 4) is 17.0 Å². The predicted molar refractivity (Wildman–Crippen MR) is 160 cm³/mol. The summed E-state index contributed by atoms with van der Waals surface area (Å²) in [5.41, 5.74) is 4.90. The molecule has 40 heavy (non-hydrogen) atoms. The monoisotopic (exact) mass is 559 g/mol. The summed E-state index contributed by atoms with van der Waals surface area (Å²) in [5.74, 6) is 1.25. The summed E-state index contributed by atoms with van der Waals surface area (Å²) in [6.07, 6.45) is 9.05. The van der Waals surface area contributed by atoms with Crippen molar-refractivity contribution in [3.05, 3.63) is 76.9 Å². The summed E-state index contributed by atoms with van der Waals surface area (Å²) in [7, 11) is 1.60. The maximum absolute atomic E-state index is 13.0. The van der Waals surface area contributed by atoms with E-state index in [0.29, 0.717) is 34.9 Å². The molecule has 0 unspecified atom stereocenters. The van der Waals surface area contributed by atoms with Crippen molar-refractivity contribution in [2.75, 3.05) is 25.5 Å². The largest absolute Gasteiger partial charge is 0.496 e. The Labute approximate surface area is 242 Å². The van der Waals surface area contributed by atoms with Crippen molar-refractivity contribution >= 4 is 29.1 Å². The lowest BCUT2D eigenvalue weighted by molar-refractivity contribution is -0.133. The molecular formula is C33H38ClN3O3. The van der Waals surface area contributed by atoms with E-state index in [9.17, 15) is 9.59 Å². The number of carbonyl (C=O) groups excluding carboxylic acids is 2. The number of nitrogens with zero attached hydrogens (tertiary/aromatic N) is 2. The summed E-state index contributed by atoms with van der Waals surface area (Å²) in [5, 5.41) is 3.74. The number of anilines is 1. The van der Waals surface area contributed by atoms with Gasteiger partial charge in [-0.15, -0.1) is 0 Å². The normalized spacial score (nSPS) is 17.0. The number of likely N-dealkylation sites (tertiary alicyclic amines) is 1. The number of ether oxygens (including phenoxy) is 1. The Hall–Kier alpha value is -3.38. The number of rotatable bonds is 7. The van der Waals surface area contributed by atoms with Crippen molar-refractivity contribution in [2.45, 2.75) is 58.3 Å². The molecule has 0 atom stereocenters. The minimum absolute atomic E-state index is 0.0564. The number of piperidine rings is 1. The Balaban J connectivity index is 1.10. The standard InChI is InChI=1S/C33H38ClN3O3/c1-23-5-3-6-26(19-23)32-28(7-4-16-35-32)36-30(38)20-24-10-12-33(13-11-24)14-17-37(18-15-33)31(39)21-25-8-9-27(34)22-29(25)40-2/h3-9,16,19,22,24H,10-15,17-18,20-21H2,1-2H3,(H,36,38). The highest BCUT2D eigenvalue weighted by molar-refractivity contribution is 6.30. The van der Waals surface area contributed by atoms with Gasteiger partial charge >= 0.3 is 0 Å². The number of amides is 2. The molecule has 0 bridgehead atoms. The molecule has 6 nitrogen and oxygen atoms in total. The number of carbonyl (C=O) groups is 2. The van der Waals surface area contributed by atoms with Gasteiger partial charge in [0.05, 0.1) is 24.9 Å². The number of pyridine rings is 1. The highest BCUT2D eigenvalue weighted by Gasteiger charge is 2.39. The first-order chi connectivity index (χ1) is 19.3. The highest BCUT2D eigenvalue weighted by Crippen LogP contribution is 2.47. The van der Waals surface area contributed by atoms with Crippen molar-refractivity contribution in [1.29, 1.82) is 0 Å². The van der Waals surface area contributed by atoms with Crippen molar-refractivity contribution < 1.29 is 14.3 Å². The topological polar surface area (TPSA) is 71.5 Å². The zero-order valence-electron chi connectivity index (χ0n) is 23.4. The van der Waals surface area contributed by atoms with E-state index in [0.717, 1.165) is 79.7 Å². The summed E-state index contributed by atoms with van der Waals surface area (Å²) in [6.45, 7) is 3.65. The van der Waals surface area contributed by atoms with E-state index in [1.807, 2.05) is 35.2 Å². The number of methoxy groups -OCH3 is 1. The van der Waals surface area contributed by atoms with Crippen LogP contribution in [0.1, 0.15) is 56.1 Å². The molecule has 1 spiro atoms. The molecule has 210 valence electrons. The van der Waals surface area contributed by atoms with Crippen molar-refractivity contribution in [3.63, 3.8) is 0 Å². The van der Waals surface area contributed by atoms with E-state index >= 15 is 0 Å². The number of hydrogen-bond donors (Lipinski definition) is 1. The molecule has 7 heteroatoms. The number of aryl methyl sites for hydroxylation is 1. The van der Waals surface area contributed by atoms with Crippen LogP contribution in [0.15, 0.2) is 60.8 Å². The molecule has 1 aliphatic carbocycles. The van der Waals surface area contributed by atoms with Gasteiger partial charge in [-0.2, -0.15) is 0 Å². The number of halogens is 1. The molecule has 2 aliphatic rings. The Morgan fingerprint density at radius 3 is 2.55 bits per heavy atom. The third-order valence-corrected chi connectivity index (χ3v) is 9.02. The molecule has 5 rings (SSSR count). The lowest BCUT2D eigenvalue weighted by Crippen LogP contribution is -2.45. The maximum atomic E-state index is 13.0. The first-order valence-electron chi connectivity index (χ1n) is 14.3. The van der Waals surface area contributed by atoms with Gasteiger partial charge in [0.1, 0.15) is 5.75 Å². The Morgan fingerprint density at radius 1 is 1.05 bits per heavy atom.